The predicted octanol–water partition coefficient (Wildman–Crippen LogP) is 4.06. The van der Waals surface area contributed by atoms with Crippen LogP contribution in [-0.4, -0.2) is 40.4 Å². The number of anilines is 1. The highest BCUT2D eigenvalue weighted by Gasteiger charge is 2.51. The lowest BCUT2D eigenvalue weighted by Crippen LogP contribution is -2.37. The highest BCUT2D eigenvalue weighted by atomic mass is 16.2. The van der Waals surface area contributed by atoms with Gasteiger partial charge in [-0.1, -0.05) is 6.07 Å². The van der Waals surface area contributed by atoms with Gasteiger partial charge in [-0.2, -0.15) is 0 Å². The minimum absolute atomic E-state index is 0.267. The van der Waals surface area contributed by atoms with Crippen LogP contribution in [0.15, 0.2) is 42.6 Å². The molecule has 5 nitrogen and oxygen atoms in total. The fraction of sp³-hybridized carbons (Fsp3) is 0.423. The molecule has 0 saturated carbocycles. The molecule has 0 N–H and O–H groups in total. The molecule has 2 aliphatic heterocycles. The van der Waals surface area contributed by atoms with Gasteiger partial charge >= 0.3 is 0 Å². The molecule has 1 atom stereocenters. The zero-order valence-electron chi connectivity index (χ0n) is 18.1. The maximum Gasteiger partial charge on any atom is 0.231 e. The van der Waals surface area contributed by atoms with E-state index in [1.807, 2.05) is 23.1 Å². The number of hydrogen-bond acceptors (Lipinski definition) is 4. The Morgan fingerprint density at radius 3 is 2.74 bits per heavy atom. The topological polar surface area (TPSA) is 49.3 Å². The lowest BCUT2D eigenvalue weighted by molar-refractivity contribution is -0.135. The molecule has 3 aliphatic rings. The van der Waals surface area contributed by atoms with Crippen molar-refractivity contribution in [2.45, 2.75) is 45.6 Å². The minimum atomic E-state index is -0.267. The average molecular weight is 413 g/mol. The molecule has 1 spiro atoms. The summed E-state index contributed by atoms with van der Waals surface area (Å²) in [5.74, 6) is 1.31. The monoisotopic (exact) mass is 412 g/mol. The second-order valence-corrected chi connectivity index (χ2v) is 9.54. The number of benzene rings is 1. The third-order valence-corrected chi connectivity index (χ3v) is 7.57. The van der Waals surface area contributed by atoms with Crippen molar-refractivity contribution >= 4 is 22.6 Å². The molecule has 1 amide bonds. The van der Waals surface area contributed by atoms with Crippen LogP contribution in [0.4, 0.5) is 5.82 Å². The lowest BCUT2D eigenvalue weighted by Gasteiger charge is -2.24. The Balaban J connectivity index is 1.25. The molecule has 4 heterocycles. The van der Waals surface area contributed by atoms with Crippen molar-refractivity contribution in [3.63, 3.8) is 0 Å². The minimum Gasteiger partial charge on any atom is -0.355 e. The van der Waals surface area contributed by atoms with Crippen molar-refractivity contribution in [2.24, 2.45) is 5.41 Å². The Labute approximate surface area is 183 Å². The Morgan fingerprint density at radius 2 is 1.90 bits per heavy atom. The molecule has 2 saturated heterocycles. The number of carbonyl (C=O) groups is 1. The summed E-state index contributed by atoms with van der Waals surface area (Å²) in [6.07, 6.45) is 7.25. The van der Waals surface area contributed by atoms with Crippen LogP contribution in [-0.2, 0) is 24.2 Å². The highest BCUT2D eigenvalue weighted by Crippen LogP contribution is 2.42. The second kappa shape index (κ2) is 7.04. The Bertz CT molecular complexity index is 1170. The van der Waals surface area contributed by atoms with E-state index in [9.17, 15) is 4.79 Å². The lowest BCUT2D eigenvalue weighted by atomic mass is 9.85. The second-order valence-electron chi connectivity index (χ2n) is 9.54. The van der Waals surface area contributed by atoms with Crippen LogP contribution >= 0.6 is 0 Å². The summed E-state index contributed by atoms with van der Waals surface area (Å²) < 4.78 is 0. The first kappa shape index (κ1) is 18.8. The number of carbonyl (C=O) groups excluding carboxylic acids is 1. The van der Waals surface area contributed by atoms with Crippen LogP contribution < -0.4 is 4.90 Å². The molecule has 1 unspecified atom stereocenters. The molecule has 0 bridgehead atoms. The van der Waals surface area contributed by atoms with Crippen LogP contribution in [0.1, 0.15) is 41.6 Å². The van der Waals surface area contributed by atoms with Crippen molar-refractivity contribution in [2.75, 3.05) is 24.5 Å². The van der Waals surface area contributed by atoms with Gasteiger partial charge in [0.2, 0.25) is 5.91 Å². The van der Waals surface area contributed by atoms with Crippen LogP contribution in [0.2, 0.25) is 0 Å². The Kier molecular flexibility index (Phi) is 4.27. The molecule has 2 aromatic heterocycles. The molecule has 31 heavy (non-hydrogen) atoms. The van der Waals surface area contributed by atoms with E-state index in [1.54, 1.807) is 6.20 Å². The van der Waals surface area contributed by atoms with E-state index in [1.165, 1.54) is 41.3 Å². The largest absolute Gasteiger partial charge is 0.355 e. The van der Waals surface area contributed by atoms with Crippen molar-refractivity contribution in [1.82, 2.24) is 14.9 Å². The highest BCUT2D eigenvalue weighted by molar-refractivity contribution is 5.88. The molecule has 0 radical (unpaired) electrons. The van der Waals surface area contributed by atoms with Gasteiger partial charge in [-0.3, -0.25) is 9.78 Å². The average Bonchev–Trinajstić information content (AvgIpc) is 3.49. The predicted molar refractivity (Wildman–Crippen MR) is 122 cm³/mol. The summed E-state index contributed by atoms with van der Waals surface area (Å²) in [6.45, 7) is 5.29. The van der Waals surface area contributed by atoms with Crippen molar-refractivity contribution in [3.8, 4) is 0 Å². The first-order chi connectivity index (χ1) is 15.1. The first-order valence-electron chi connectivity index (χ1n) is 11.5. The molecule has 3 aromatic rings. The summed E-state index contributed by atoms with van der Waals surface area (Å²) in [6, 6.07) is 12.8. The zero-order chi connectivity index (χ0) is 21.0. The van der Waals surface area contributed by atoms with Gasteiger partial charge in [-0.15, -0.1) is 0 Å². The van der Waals surface area contributed by atoms with Crippen molar-refractivity contribution in [3.05, 3.63) is 65.0 Å². The number of aromatic nitrogens is 2. The van der Waals surface area contributed by atoms with Gasteiger partial charge in [0.1, 0.15) is 5.82 Å². The standard InChI is InChI=1S/C26H28N4O/c1-18-13-24(28-23-15-20-6-4-5-19(20)14-22(18)23)30-12-9-26(17-30)8-11-29(25(26)31)16-21-7-2-3-10-27-21/h2-3,7,10,13-15H,4-6,8-9,11-12,16-17H2,1H3. The van der Waals surface area contributed by atoms with Crippen LogP contribution in [0.3, 0.4) is 0 Å². The quantitative estimate of drug-likeness (QED) is 0.651. The maximum atomic E-state index is 13.4. The third kappa shape index (κ3) is 3.10. The maximum absolute atomic E-state index is 13.4. The summed E-state index contributed by atoms with van der Waals surface area (Å²) in [5, 5.41) is 1.27. The fourth-order valence-corrected chi connectivity index (χ4v) is 5.79. The van der Waals surface area contributed by atoms with Crippen LogP contribution in [0.25, 0.3) is 10.9 Å². The van der Waals surface area contributed by atoms with Gasteiger partial charge in [0.15, 0.2) is 0 Å². The molecule has 5 heteroatoms. The number of pyridine rings is 2. The number of amides is 1. The zero-order valence-corrected chi connectivity index (χ0v) is 18.1. The van der Waals surface area contributed by atoms with E-state index in [0.717, 1.165) is 49.5 Å². The van der Waals surface area contributed by atoms with Gasteiger partial charge < -0.3 is 9.80 Å². The van der Waals surface area contributed by atoms with Crippen molar-refractivity contribution < 1.29 is 4.79 Å². The number of likely N-dealkylation sites (tertiary alicyclic amines) is 1. The Hall–Kier alpha value is -2.95. The molecule has 158 valence electrons. The number of rotatable bonds is 3. The summed E-state index contributed by atoms with van der Waals surface area (Å²) in [4.78, 5) is 27.2. The van der Waals surface area contributed by atoms with Gasteiger partial charge in [-0.05, 0) is 86.1 Å². The molecule has 1 aliphatic carbocycles. The van der Waals surface area contributed by atoms with Gasteiger partial charge in [-0.25, -0.2) is 4.98 Å². The molecule has 6 rings (SSSR count). The van der Waals surface area contributed by atoms with Gasteiger partial charge in [0, 0.05) is 31.2 Å². The molecule has 2 fully saturated rings. The number of nitrogens with zero attached hydrogens (tertiary/aromatic N) is 4. The van der Waals surface area contributed by atoms with E-state index in [-0.39, 0.29) is 11.3 Å². The van der Waals surface area contributed by atoms with Crippen molar-refractivity contribution in [1.29, 1.82) is 0 Å². The summed E-state index contributed by atoms with van der Waals surface area (Å²) in [7, 11) is 0. The van der Waals surface area contributed by atoms with Crippen LogP contribution in [0, 0.1) is 12.3 Å². The van der Waals surface area contributed by atoms with Gasteiger partial charge in [0.05, 0.1) is 23.2 Å². The summed E-state index contributed by atoms with van der Waals surface area (Å²) >= 11 is 0. The smallest absolute Gasteiger partial charge is 0.231 e. The number of fused-ring (bicyclic) bond motifs is 2. The van der Waals surface area contributed by atoms with E-state index >= 15 is 0 Å². The molecular weight excluding hydrogens is 384 g/mol. The SMILES string of the molecule is Cc1cc(N2CCC3(CCN(Cc4ccccn4)C3=O)C2)nc2cc3c(cc12)CCC3. The van der Waals surface area contributed by atoms with Gasteiger partial charge in [0.25, 0.3) is 0 Å². The van der Waals surface area contributed by atoms with E-state index in [4.69, 9.17) is 4.98 Å². The van der Waals surface area contributed by atoms with Crippen LogP contribution in [0.5, 0.6) is 0 Å². The number of aryl methyl sites for hydroxylation is 3. The third-order valence-electron chi connectivity index (χ3n) is 7.57. The molecular formula is C26H28N4O. The number of hydrogen-bond donors (Lipinski definition) is 0. The Morgan fingerprint density at radius 1 is 1.06 bits per heavy atom. The normalized spacial score (nSPS) is 22.8. The van der Waals surface area contributed by atoms with E-state index in [0.29, 0.717) is 6.54 Å². The summed E-state index contributed by atoms with van der Waals surface area (Å²) in [5.41, 5.74) is 6.04. The molecule has 1 aromatic carbocycles. The first-order valence-corrected chi connectivity index (χ1v) is 11.5. The van der Waals surface area contributed by atoms with E-state index in [2.05, 4.69) is 35.0 Å². The fourth-order valence-electron chi connectivity index (χ4n) is 5.79. The van der Waals surface area contributed by atoms with E-state index < -0.39 is 0 Å².